The van der Waals surface area contributed by atoms with Gasteiger partial charge in [-0.05, 0) is 19.1 Å². The van der Waals surface area contributed by atoms with E-state index in [0.29, 0.717) is 24.9 Å². The third kappa shape index (κ3) is 3.38. The second kappa shape index (κ2) is 6.28. The van der Waals surface area contributed by atoms with Crippen LogP contribution in [0.25, 0.3) is 11.5 Å². The van der Waals surface area contributed by atoms with E-state index < -0.39 is 0 Å². The van der Waals surface area contributed by atoms with E-state index in [0.717, 1.165) is 5.56 Å². The SMILES string of the molecule is COCC(C)NCc1nnc(-c2ccccc2)o1. The highest BCUT2D eigenvalue weighted by Gasteiger charge is 2.09. The summed E-state index contributed by atoms with van der Waals surface area (Å²) in [5, 5.41) is 11.3. The quantitative estimate of drug-likeness (QED) is 0.844. The molecule has 0 radical (unpaired) electrons. The average Bonchev–Trinajstić information content (AvgIpc) is 2.87. The molecule has 2 rings (SSSR count). The number of rotatable bonds is 6. The Labute approximate surface area is 106 Å². The van der Waals surface area contributed by atoms with E-state index in [-0.39, 0.29) is 6.04 Å². The smallest absolute Gasteiger partial charge is 0.247 e. The van der Waals surface area contributed by atoms with Gasteiger partial charge in [0.1, 0.15) is 0 Å². The summed E-state index contributed by atoms with van der Waals surface area (Å²) in [6.45, 7) is 3.24. The molecule has 0 fully saturated rings. The summed E-state index contributed by atoms with van der Waals surface area (Å²) in [7, 11) is 1.68. The summed E-state index contributed by atoms with van der Waals surface area (Å²) in [4.78, 5) is 0. The molecule has 0 bridgehead atoms. The molecule has 0 spiro atoms. The Morgan fingerprint density at radius 2 is 2.06 bits per heavy atom. The van der Waals surface area contributed by atoms with Crippen molar-refractivity contribution in [2.24, 2.45) is 0 Å². The second-order valence-electron chi connectivity index (χ2n) is 4.10. The molecular weight excluding hydrogens is 230 g/mol. The van der Waals surface area contributed by atoms with Gasteiger partial charge in [0.25, 0.3) is 0 Å². The lowest BCUT2D eigenvalue weighted by atomic mass is 10.2. The molecule has 2 aromatic rings. The molecule has 1 unspecified atom stereocenters. The maximum atomic E-state index is 5.57. The molecule has 0 amide bonds. The maximum Gasteiger partial charge on any atom is 0.247 e. The molecule has 0 aliphatic carbocycles. The predicted molar refractivity (Wildman–Crippen MR) is 67.9 cm³/mol. The number of hydrogen-bond donors (Lipinski definition) is 1. The van der Waals surface area contributed by atoms with Crippen LogP contribution in [-0.4, -0.2) is 30.0 Å². The highest BCUT2D eigenvalue weighted by atomic mass is 16.5. The van der Waals surface area contributed by atoms with Crippen LogP contribution in [0, 0.1) is 0 Å². The zero-order valence-corrected chi connectivity index (χ0v) is 10.6. The predicted octanol–water partition coefficient (Wildman–Crippen LogP) is 1.86. The molecule has 1 aromatic heterocycles. The van der Waals surface area contributed by atoms with E-state index in [1.165, 1.54) is 0 Å². The van der Waals surface area contributed by atoms with E-state index in [1.54, 1.807) is 7.11 Å². The number of nitrogens with one attached hydrogen (secondary N) is 1. The molecular formula is C13H17N3O2. The fourth-order valence-corrected chi connectivity index (χ4v) is 1.59. The fraction of sp³-hybridized carbons (Fsp3) is 0.385. The first-order chi connectivity index (χ1) is 8.79. The third-order valence-corrected chi connectivity index (χ3v) is 2.51. The largest absolute Gasteiger partial charge is 0.419 e. The van der Waals surface area contributed by atoms with Crippen LogP contribution in [0.2, 0.25) is 0 Å². The number of hydrogen-bond acceptors (Lipinski definition) is 5. The molecule has 1 heterocycles. The number of methoxy groups -OCH3 is 1. The van der Waals surface area contributed by atoms with Crippen molar-refractivity contribution in [3.8, 4) is 11.5 Å². The van der Waals surface area contributed by atoms with Crippen LogP contribution >= 0.6 is 0 Å². The Hall–Kier alpha value is -1.72. The van der Waals surface area contributed by atoms with Crippen molar-refractivity contribution in [2.45, 2.75) is 19.5 Å². The Bertz CT molecular complexity index is 470. The van der Waals surface area contributed by atoms with Gasteiger partial charge in [0.05, 0.1) is 13.2 Å². The van der Waals surface area contributed by atoms with Crippen molar-refractivity contribution in [1.29, 1.82) is 0 Å². The minimum atomic E-state index is 0.252. The number of aromatic nitrogens is 2. The average molecular weight is 247 g/mol. The molecule has 0 saturated carbocycles. The van der Waals surface area contributed by atoms with Crippen LogP contribution in [0.5, 0.6) is 0 Å². The summed E-state index contributed by atoms with van der Waals surface area (Å²) in [6, 6.07) is 9.98. The Balaban J connectivity index is 1.95. The molecule has 0 saturated heterocycles. The Morgan fingerprint density at radius 1 is 1.28 bits per heavy atom. The maximum absolute atomic E-state index is 5.57. The fourth-order valence-electron chi connectivity index (χ4n) is 1.59. The standard InChI is InChI=1S/C13H17N3O2/c1-10(9-17-2)14-8-12-15-16-13(18-12)11-6-4-3-5-7-11/h3-7,10,14H,8-9H2,1-2H3. The van der Waals surface area contributed by atoms with Gasteiger partial charge in [0, 0.05) is 18.7 Å². The summed E-state index contributed by atoms with van der Waals surface area (Å²) in [6.07, 6.45) is 0. The summed E-state index contributed by atoms with van der Waals surface area (Å²) in [5.41, 5.74) is 0.932. The molecule has 5 heteroatoms. The van der Waals surface area contributed by atoms with Crippen LogP contribution in [0.15, 0.2) is 34.7 Å². The van der Waals surface area contributed by atoms with Crippen LogP contribution in [0.3, 0.4) is 0 Å². The molecule has 96 valence electrons. The third-order valence-electron chi connectivity index (χ3n) is 2.51. The zero-order valence-electron chi connectivity index (χ0n) is 10.6. The monoisotopic (exact) mass is 247 g/mol. The summed E-state index contributed by atoms with van der Waals surface area (Å²) in [5.74, 6) is 1.13. The van der Waals surface area contributed by atoms with Crippen molar-refractivity contribution < 1.29 is 9.15 Å². The minimum absolute atomic E-state index is 0.252. The minimum Gasteiger partial charge on any atom is -0.419 e. The van der Waals surface area contributed by atoms with Crippen LogP contribution < -0.4 is 5.32 Å². The first-order valence-corrected chi connectivity index (χ1v) is 5.89. The molecule has 0 aliphatic rings. The van der Waals surface area contributed by atoms with Gasteiger partial charge in [0.15, 0.2) is 0 Å². The summed E-state index contributed by atoms with van der Waals surface area (Å²) >= 11 is 0. The second-order valence-corrected chi connectivity index (χ2v) is 4.10. The first-order valence-electron chi connectivity index (χ1n) is 5.89. The van der Waals surface area contributed by atoms with Gasteiger partial charge in [-0.2, -0.15) is 0 Å². The van der Waals surface area contributed by atoms with E-state index in [4.69, 9.17) is 9.15 Å². The van der Waals surface area contributed by atoms with Crippen LogP contribution in [0.1, 0.15) is 12.8 Å². The van der Waals surface area contributed by atoms with Gasteiger partial charge in [-0.3, -0.25) is 0 Å². The number of benzene rings is 1. The molecule has 1 atom stereocenters. The number of nitrogens with zero attached hydrogens (tertiary/aromatic N) is 2. The molecule has 18 heavy (non-hydrogen) atoms. The van der Waals surface area contributed by atoms with Crippen molar-refractivity contribution in [3.05, 3.63) is 36.2 Å². The normalized spacial score (nSPS) is 12.6. The van der Waals surface area contributed by atoms with Gasteiger partial charge in [-0.1, -0.05) is 18.2 Å². The lowest BCUT2D eigenvalue weighted by molar-refractivity contribution is 0.170. The van der Waals surface area contributed by atoms with Crippen molar-refractivity contribution in [3.63, 3.8) is 0 Å². The zero-order chi connectivity index (χ0) is 12.8. The Kier molecular flexibility index (Phi) is 4.44. The number of ether oxygens (including phenoxy) is 1. The lowest BCUT2D eigenvalue weighted by Crippen LogP contribution is -2.29. The highest BCUT2D eigenvalue weighted by molar-refractivity contribution is 5.51. The van der Waals surface area contributed by atoms with E-state index in [2.05, 4.69) is 15.5 Å². The van der Waals surface area contributed by atoms with Crippen molar-refractivity contribution in [2.75, 3.05) is 13.7 Å². The van der Waals surface area contributed by atoms with Crippen molar-refractivity contribution in [1.82, 2.24) is 15.5 Å². The highest BCUT2D eigenvalue weighted by Crippen LogP contribution is 2.16. The lowest BCUT2D eigenvalue weighted by Gasteiger charge is -2.09. The van der Waals surface area contributed by atoms with E-state index >= 15 is 0 Å². The first kappa shape index (κ1) is 12.7. The van der Waals surface area contributed by atoms with Crippen LogP contribution in [-0.2, 0) is 11.3 Å². The van der Waals surface area contributed by atoms with Gasteiger partial charge >= 0.3 is 0 Å². The van der Waals surface area contributed by atoms with Gasteiger partial charge in [-0.15, -0.1) is 10.2 Å². The molecule has 0 aliphatic heterocycles. The van der Waals surface area contributed by atoms with E-state index in [9.17, 15) is 0 Å². The van der Waals surface area contributed by atoms with Gasteiger partial charge in [-0.25, -0.2) is 0 Å². The summed E-state index contributed by atoms with van der Waals surface area (Å²) < 4.78 is 10.6. The van der Waals surface area contributed by atoms with Gasteiger partial charge in [0.2, 0.25) is 11.8 Å². The topological polar surface area (TPSA) is 60.2 Å². The molecule has 5 nitrogen and oxygen atoms in total. The molecule has 1 N–H and O–H groups in total. The van der Waals surface area contributed by atoms with Gasteiger partial charge < -0.3 is 14.5 Å². The Morgan fingerprint density at radius 3 is 2.78 bits per heavy atom. The van der Waals surface area contributed by atoms with Crippen LogP contribution in [0.4, 0.5) is 0 Å². The molecule has 1 aromatic carbocycles. The van der Waals surface area contributed by atoms with E-state index in [1.807, 2.05) is 37.3 Å². The van der Waals surface area contributed by atoms with Crippen molar-refractivity contribution >= 4 is 0 Å².